The maximum Gasteiger partial charge on any atom is 0.327 e. The molecule has 1 heterocycles. The first kappa shape index (κ1) is 12.0. The average molecular weight is 213 g/mol. The van der Waals surface area contributed by atoms with Gasteiger partial charge in [-0.3, -0.25) is 9.69 Å². The molecular weight excluding hydrogens is 194 g/mol. The molecule has 0 aromatic carbocycles. The van der Waals surface area contributed by atoms with Crippen LogP contribution in [0, 0.1) is 5.92 Å². The lowest BCUT2D eigenvalue weighted by Gasteiger charge is -2.19. The van der Waals surface area contributed by atoms with Crippen molar-refractivity contribution in [3.05, 3.63) is 0 Å². The van der Waals surface area contributed by atoms with Crippen molar-refractivity contribution >= 4 is 11.9 Å². The monoisotopic (exact) mass is 213 g/mol. The second-order valence-corrected chi connectivity index (χ2v) is 4.21. The summed E-state index contributed by atoms with van der Waals surface area (Å²) in [5, 5.41) is 0. The third-order valence-corrected chi connectivity index (χ3v) is 2.69. The largest absolute Gasteiger partial charge is 0.330 e. The summed E-state index contributed by atoms with van der Waals surface area (Å²) in [6.07, 6.45) is 0.663. The smallest absolute Gasteiger partial charge is 0.327 e. The Morgan fingerprint density at radius 2 is 2.00 bits per heavy atom. The first-order chi connectivity index (χ1) is 7.00. The van der Waals surface area contributed by atoms with E-state index in [1.54, 1.807) is 7.05 Å². The topological polar surface area (TPSA) is 66.6 Å². The van der Waals surface area contributed by atoms with E-state index in [4.69, 9.17) is 5.73 Å². The van der Waals surface area contributed by atoms with Gasteiger partial charge in [0.1, 0.15) is 6.04 Å². The summed E-state index contributed by atoms with van der Waals surface area (Å²) >= 11 is 0. The lowest BCUT2D eigenvalue weighted by molar-refractivity contribution is -0.129. The molecule has 1 atom stereocenters. The summed E-state index contributed by atoms with van der Waals surface area (Å²) < 4.78 is 0. The summed E-state index contributed by atoms with van der Waals surface area (Å²) in [6.45, 7) is 4.81. The van der Waals surface area contributed by atoms with E-state index >= 15 is 0 Å². The fourth-order valence-electron chi connectivity index (χ4n) is 1.92. The van der Waals surface area contributed by atoms with Crippen LogP contribution in [0.4, 0.5) is 4.79 Å². The molecule has 1 aliphatic rings. The van der Waals surface area contributed by atoms with Gasteiger partial charge in [0, 0.05) is 13.6 Å². The van der Waals surface area contributed by atoms with Crippen molar-refractivity contribution in [2.75, 3.05) is 20.1 Å². The van der Waals surface area contributed by atoms with Gasteiger partial charge < -0.3 is 10.6 Å². The molecule has 1 saturated heterocycles. The maximum atomic E-state index is 11.9. The zero-order valence-electron chi connectivity index (χ0n) is 9.56. The Balaban J connectivity index is 2.76. The molecule has 15 heavy (non-hydrogen) atoms. The van der Waals surface area contributed by atoms with Crippen molar-refractivity contribution in [1.29, 1.82) is 0 Å². The lowest BCUT2D eigenvalue weighted by Crippen LogP contribution is -2.36. The molecule has 1 aliphatic heterocycles. The molecule has 1 fully saturated rings. The SMILES string of the molecule is CC(C)C1C(=O)N(CCCN)C(=O)N1C. The standard InChI is InChI=1S/C10H19N3O2/c1-7(2)8-9(14)13(6-4-5-11)10(15)12(8)3/h7-8H,4-6,11H2,1-3H3. The molecule has 0 aromatic heterocycles. The number of carbonyl (C=O) groups is 2. The van der Waals surface area contributed by atoms with Gasteiger partial charge >= 0.3 is 6.03 Å². The van der Waals surface area contributed by atoms with Crippen molar-refractivity contribution < 1.29 is 9.59 Å². The Morgan fingerprint density at radius 3 is 2.40 bits per heavy atom. The molecule has 1 unspecified atom stereocenters. The number of hydrogen-bond donors (Lipinski definition) is 1. The number of urea groups is 1. The second-order valence-electron chi connectivity index (χ2n) is 4.21. The van der Waals surface area contributed by atoms with Crippen LogP contribution >= 0.6 is 0 Å². The fraction of sp³-hybridized carbons (Fsp3) is 0.800. The number of carbonyl (C=O) groups excluding carboxylic acids is 2. The minimum atomic E-state index is -0.310. The van der Waals surface area contributed by atoms with E-state index in [0.717, 1.165) is 0 Å². The quantitative estimate of drug-likeness (QED) is 0.681. The minimum Gasteiger partial charge on any atom is -0.330 e. The van der Waals surface area contributed by atoms with E-state index in [9.17, 15) is 9.59 Å². The first-order valence-corrected chi connectivity index (χ1v) is 5.29. The zero-order valence-corrected chi connectivity index (χ0v) is 9.56. The molecule has 5 heteroatoms. The highest BCUT2D eigenvalue weighted by Crippen LogP contribution is 2.21. The zero-order chi connectivity index (χ0) is 11.6. The first-order valence-electron chi connectivity index (χ1n) is 5.29. The van der Waals surface area contributed by atoms with Crippen LogP contribution in [0.25, 0.3) is 0 Å². The number of imide groups is 1. The number of likely N-dealkylation sites (N-methyl/N-ethyl adjacent to an activating group) is 1. The van der Waals surface area contributed by atoms with Gasteiger partial charge in [-0.2, -0.15) is 0 Å². The Labute approximate surface area is 90.2 Å². The number of rotatable bonds is 4. The van der Waals surface area contributed by atoms with Crippen LogP contribution in [0.15, 0.2) is 0 Å². The molecule has 0 radical (unpaired) electrons. The van der Waals surface area contributed by atoms with Crippen molar-refractivity contribution in [2.45, 2.75) is 26.3 Å². The summed E-state index contributed by atoms with van der Waals surface area (Å²) in [4.78, 5) is 26.4. The summed E-state index contributed by atoms with van der Waals surface area (Å²) in [5.74, 6) is 0.0558. The molecular formula is C10H19N3O2. The number of amides is 3. The highest BCUT2D eigenvalue weighted by molar-refractivity contribution is 6.04. The van der Waals surface area contributed by atoms with Crippen LogP contribution < -0.4 is 5.73 Å². The Morgan fingerprint density at radius 1 is 1.40 bits per heavy atom. The number of nitrogens with two attached hydrogens (primary N) is 1. The van der Waals surface area contributed by atoms with Gasteiger partial charge in [-0.1, -0.05) is 13.8 Å². The van der Waals surface area contributed by atoms with Gasteiger partial charge in [-0.15, -0.1) is 0 Å². The Hall–Kier alpha value is -1.10. The van der Waals surface area contributed by atoms with Crippen molar-refractivity contribution in [1.82, 2.24) is 9.80 Å². The normalized spacial score (nSPS) is 22.1. The Bertz CT molecular complexity index is 265. The highest BCUT2D eigenvalue weighted by Gasteiger charge is 2.43. The molecule has 0 saturated carbocycles. The van der Waals surface area contributed by atoms with Crippen molar-refractivity contribution in [3.8, 4) is 0 Å². The third kappa shape index (κ3) is 2.12. The second kappa shape index (κ2) is 4.61. The molecule has 0 aromatic rings. The summed E-state index contributed by atoms with van der Waals surface area (Å²) in [6, 6.07) is -0.512. The Kier molecular flexibility index (Phi) is 3.68. The molecule has 2 N–H and O–H groups in total. The molecule has 3 amide bonds. The number of nitrogens with zero attached hydrogens (tertiary/aromatic N) is 2. The van der Waals surface area contributed by atoms with Crippen molar-refractivity contribution in [2.24, 2.45) is 11.7 Å². The lowest BCUT2D eigenvalue weighted by atomic mass is 10.0. The van der Waals surface area contributed by atoms with Crippen LogP contribution in [0.1, 0.15) is 20.3 Å². The van der Waals surface area contributed by atoms with E-state index in [-0.39, 0.29) is 23.9 Å². The summed E-state index contributed by atoms with van der Waals surface area (Å²) in [5.41, 5.74) is 5.36. The fourth-order valence-corrected chi connectivity index (χ4v) is 1.92. The van der Waals surface area contributed by atoms with Crippen molar-refractivity contribution in [3.63, 3.8) is 0 Å². The maximum absolute atomic E-state index is 11.9. The molecule has 86 valence electrons. The minimum absolute atomic E-state index is 0.0917. The van der Waals surface area contributed by atoms with Gasteiger partial charge in [0.15, 0.2) is 0 Å². The van der Waals surface area contributed by atoms with Crippen LogP contribution in [0.3, 0.4) is 0 Å². The van der Waals surface area contributed by atoms with E-state index in [1.165, 1.54) is 9.80 Å². The van der Waals surface area contributed by atoms with Crippen LogP contribution in [0.5, 0.6) is 0 Å². The highest BCUT2D eigenvalue weighted by atomic mass is 16.2. The van der Waals surface area contributed by atoms with Gasteiger partial charge in [0.05, 0.1) is 0 Å². The van der Waals surface area contributed by atoms with E-state index in [1.807, 2.05) is 13.8 Å². The molecule has 1 rings (SSSR count). The predicted octanol–water partition coefficient (Wildman–Crippen LogP) is 0.254. The summed E-state index contributed by atoms with van der Waals surface area (Å²) in [7, 11) is 1.67. The van der Waals surface area contributed by atoms with Gasteiger partial charge in [0.2, 0.25) is 0 Å². The van der Waals surface area contributed by atoms with Crippen LogP contribution in [0.2, 0.25) is 0 Å². The molecule has 0 spiro atoms. The predicted molar refractivity (Wildman–Crippen MR) is 57.2 cm³/mol. The van der Waals surface area contributed by atoms with E-state index in [0.29, 0.717) is 19.5 Å². The third-order valence-electron chi connectivity index (χ3n) is 2.69. The van der Waals surface area contributed by atoms with Crippen LogP contribution in [-0.2, 0) is 4.79 Å². The average Bonchev–Trinajstić information content (AvgIpc) is 2.37. The van der Waals surface area contributed by atoms with Gasteiger partial charge in [-0.25, -0.2) is 4.79 Å². The van der Waals surface area contributed by atoms with Crippen LogP contribution in [-0.4, -0.2) is 47.9 Å². The van der Waals surface area contributed by atoms with Gasteiger partial charge in [0.25, 0.3) is 5.91 Å². The molecule has 5 nitrogen and oxygen atoms in total. The molecule has 0 aliphatic carbocycles. The van der Waals surface area contributed by atoms with Gasteiger partial charge in [-0.05, 0) is 18.9 Å². The molecule has 0 bridgehead atoms. The van der Waals surface area contributed by atoms with E-state index in [2.05, 4.69) is 0 Å². The number of hydrogen-bond acceptors (Lipinski definition) is 3. The van der Waals surface area contributed by atoms with E-state index < -0.39 is 0 Å².